The number of rotatable bonds is 8. The predicted molar refractivity (Wildman–Crippen MR) is 286 cm³/mol. The molecule has 0 saturated carbocycles. The first-order valence-electron chi connectivity index (χ1n) is 29.8. The van der Waals surface area contributed by atoms with Crippen LogP contribution >= 0.6 is 0 Å². The number of imidazole rings is 1. The van der Waals surface area contributed by atoms with Gasteiger partial charge in [0.15, 0.2) is 0 Å². The van der Waals surface area contributed by atoms with Gasteiger partial charge in [0.05, 0.1) is 34.5 Å². The summed E-state index contributed by atoms with van der Waals surface area (Å²) in [6.07, 6.45) is 5.96. The van der Waals surface area contributed by atoms with Crippen LogP contribution in [0, 0.1) is 18.5 Å². The third kappa shape index (κ3) is 8.11. The first-order chi connectivity index (χ1) is 39.2. The summed E-state index contributed by atoms with van der Waals surface area (Å²) < 4.78 is 128. The summed E-state index contributed by atoms with van der Waals surface area (Å²) in [5.74, 6) is 1.29. The molecule has 0 radical (unpaired) electrons. The molecule has 3 heterocycles. The fraction of sp³-hybridized carbons (Fsp3) is 0.169. The Hall–Kier alpha value is -7.33. The maximum atomic E-state index is 9.65. The molecule has 6 heteroatoms. The molecule has 11 aromatic rings. The fourth-order valence-electron chi connectivity index (χ4n) is 10.3. The molecule has 352 valence electrons. The Bertz CT molecular complexity index is 4470. The van der Waals surface area contributed by atoms with Crippen molar-refractivity contribution in [2.24, 2.45) is 0 Å². The van der Waals surface area contributed by atoms with Gasteiger partial charge in [0, 0.05) is 44.3 Å². The van der Waals surface area contributed by atoms with E-state index in [0.717, 1.165) is 39.4 Å². The average molecular weight is 1120 g/mol. The Morgan fingerprint density at radius 3 is 2.06 bits per heavy atom. The van der Waals surface area contributed by atoms with E-state index in [1.807, 2.05) is 53.1 Å². The number of ether oxygens (including phenoxy) is 1. The number of hydrogen-bond donors (Lipinski definition) is 0. The van der Waals surface area contributed by atoms with Crippen molar-refractivity contribution in [3.63, 3.8) is 0 Å². The van der Waals surface area contributed by atoms with Crippen LogP contribution in [-0.2, 0) is 37.3 Å². The minimum atomic E-state index is -0.589. The van der Waals surface area contributed by atoms with Crippen molar-refractivity contribution >= 4 is 32.8 Å². The average Bonchev–Trinajstić information content (AvgIpc) is 1.65. The number of benzene rings is 8. The van der Waals surface area contributed by atoms with Crippen molar-refractivity contribution < 1.29 is 48.2 Å². The Labute approximate surface area is 449 Å². The molecule has 0 saturated heterocycles. The van der Waals surface area contributed by atoms with Gasteiger partial charge in [0.2, 0.25) is 0 Å². The zero-order valence-electron chi connectivity index (χ0n) is 53.1. The van der Waals surface area contributed by atoms with Gasteiger partial charge in [-0.05, 0) is 102 Å². The smallest absolute Gasteiger partial charge is 0.268 e. The molecule has 0 spiro atoms. The van der Waals surface area contributed by atoms with Gasteiger partial charge >= 0.3 is 0 Å². The van der Waals surface area contributed by atoms with Crippen molar-refractivity contribution in [2.75, 3.05) is 0 Å². The molecule has 3 aromatic heterocycles. The van der Waals surface area contributed by atoms with Gasteiger partial charge in [-0.2, -0.15) is 18.2 Å². The molecule has 0 amide bonds. The molecule has 0 bridgehead atoms. The van der Waals surface area contributed by atoms with E-state index in [1.54, 1.807) is 63.9 Å². The number of pyridine rings is 1. The van der Waals surface area contributed by atoms with Crippen LogP contribution in [-0.4, -0.2) is 14.1 Å². The van der Waals surface area contributed by atoms with Crippen molar-refractivity contribution in [1.29, 1.82) is 0 Å². The first kappa shape index (κ1) is 33.3. The van der Waals surface area contributed by atoms with Crippen LogP contribution in [0.25, 0.3) is 83.4 Å². The van der Waals surface area contributed by atoms with Crippen LogP contribution in [0.2, 0.25) is 0 Å². The van der Waals surface area contributed by atoms with Gasteiger partial charge in [-0.15, -0.1) is 29.7 Å². The summed E-state index contributed by atoms with van der Waals surface area (Å²) in [5.41, 5.74) is 5.85. The molecule has 0 aliphatic heterocycles. The van der Waals surface area contributed by atoms with Crippen molar-refractivity contribution in [3.05, 3.63) is 223 Å². The second-order valence-electron chi connectivity index (χ2n) is 20.2. The van der Waals surface area contributed by atoms with E-state index in [0.29, 0.717) is 50.7 Å². The first-order valence-corrected chi connectivity index (χ1v) is 23.3. The minimum absolute atomic E-state index is 0. The zero-order chi connectivity index (χ0) is 59.3. The van der Waals surface area contributed by atoms with Gasteiger partial charge in [0.1, 0.15) is 5.82 Å². The van der Waals surface area contributed by atoms with Crippen molar-refractivity contribution in [3.8, 4) is 62.1 Å². The Kier molecular flexibility index (Phi) is 8.21. The van der Waals surface area contributed by atoms with Crippen LogP contribution in [0.15, 0.2) is 188 Å². The van der Waals surface area contributed by atoms with E-state index in [-0.39, 0.29) is 83.4 Å². The zero-order valence-corrected chi connectivity index (χ0v) is 42.4. The Balaban J connectivity index is 0.00000736. The number of para-hydroxylation sites is 3. The summed E-state index contributed by atoms with van der Waals surface area (Å²) in [7, 11) is 0. The maximum Gasteiger partial charge on any atom is 0.268 e. The molecule has 1 aliphatic carbocycles. The number of fused-ring (bicyclic) bond motifs is 5. The topological polar surface area (TPSA) is 35.9 Å². The van der Waals surface area contributed by atoms with Crippen LogP contribution in [0.5, 0.6) is 11.5 Å². The summed E-state index contributed by atoms with van der Waals surface area (Å²) >= 11 is 0. The molecule has 1 aliphatic rings. The van der Waals surface area contributed by atoms with E-state index >= 15 is 0 Å². The van der Waals surface area contributed by atoms with E-state index in [9.17, 15) is 4.11 Å². The van der Waals surface area contributed by atoms with E-state index in [1.165, 1.54) is 0 Å². The molecular weight excluding hydrogens is 1050 g/mol. The third-order valence-electron chi connectivity index (χ3n) is 13.4. The van der Waals surface area contributed by atoms with Gasteiger partial charge < -0.3 is 13.9 Å². The normalized spacial score (nSPS) is 16.5. The summed E-state index contributed by atoms with van der Waals surface area (Å²) in [6, 6.07) is 33.0. The van der Waals surface area contributed by atoms with Crippen molar-refractivity contribution in [1.82, 2.24) is 14.1 Å². The molecule has 5 nitrogen and oxygen atoms in total. The van der Waals surface area contributed by atoms with Gasteiger partial charge in [-0.3, -0.25) is 4.57 Å². The third-order valence-corrected chi connectivity index (χ3v) is 13.4. The monoisotopic (exact) mass is 1110 g/mol. The summed E-state index contributed by atoms with van der Waals surface area (Å²) in [6.45, 7) is 14.9. The second kappa shape index (κ2) is 17.5. The van der Waals surface area contributed by atoms with Crippen LogP contribution in [0.1, 0.15) is 89.4 Å². The number of nitrogens with zero attached hydrogens (tertiary/aromatic N) is 4. The molecule has 71 heavy (non-hydrogen) atoms. The van der Waals surface area contributed by atoms with E-state index in [2.05, 4.69) is 73.0 Å². The minimum Gasteiger partial charge on any atom is -0.510 e. The Morgan fingerprint density at radius 1 is 0.634 bits per heavy atom. The second-order valence-corrected chi connectivity index (χ2v) is 20.2. The fourth-order valence-corrected chi connectivity index (χ4v) is 10.3. The summed E-state index contributed by atoms with van der Waals surface area (Å²) in [5, 5.41) is 1.64. The van der Waals surface area contributed by atoms with E-state index in [4.69, 9.17) is 23.4 Å². The molecule has 0 atom stereocenters. The predicted octanol–water partition coefficient (Wildman–Crippen LogP) is 15.8. The number of aromatic nitrogens is 4. The standard InChI is InChI=1S/C65H54N4O.Pt/c1-63(2,3)47-34-35-66-61(38-47)69-57-33-29-45(46-28-32-55-56(37-46)65(6,7)41-64(55,4)5)36-54(57)53-31-30-50(40-60(53)69)70-49-23-16-22-48(39-49)67-42-68(59-27-15-14-26-58(59)67)62-51(43-18-10-8-11-19-43)24-17-25-52(62)44-20-12-9-13-21-44;/h8-38H,41H2,1-7H3;/q-2;/i8D,9D,10D,11D,12D,13D,18D,19D,20D,21D,28D,32D,37D;. The quantitative estimate of drug-likeness (QED) is 0.112. The SMILES string of the molecule is [2H]c1c([2H])c([2H])c(-c2cccc(-c3c([2H])c([2H])c([2H])c([2H])c3[2H])c2-[n+]2[c-]n(-c3[c-]c(Oc4[c-]c5c(cc4)c4cc(-c6c([2H])c([2H])c7c(c6[2H])C(C)(C)CC7(C)C)ccc4n5-c4cc(C(C)(C)C)ccn4)ccc3)c3ccccc32)c([2H])c1[2H].[Pt]. The van der Waals surface area contributed by atoms with Crippen LogP contribution < -0.4 is 9.30 Å². The summed E-state index contributed by atoms with van der Waals surface area (Å²) in [4.78, 5) is 4.89. The van der Waals surface area contributed by atoms with Gasteiger partial charge in [0.25, 0.3) is 6.33 Å². The molecule has 0 N–H and O–H groups in total. The molecule has 12 rings (SSSR count). The maximum absolute atomic E-state index is 9.65. The van der Waals surface area contributed by atoms with Crippen LogP contribution in [0.4, 0.5) is 0 Å². The Morgan fingerprint density at radius 2 is 1.32 bits per heavy atom. The molecule has 0 unspecified atom stereocenters. The van der Waals surface area contributed by atoms with Gasteiger partial charge in [-0.1, -0.05) is 187 Å². The van der Waals surface area contributed by atoms with E-state index < -0.39 is 60.4 Å². The van der Waals surface area contributed by atoms with Gasteiger partial charge in [-0.25, -0.2) is 4.98 Å². The number of hydrogen-bond acceptors (Lipinski definition) is 2. The molecule has 0 fully saturated rings. The van der Waals surface area contributed by atoms with Crippen LogP contribution in [0.3, 0.4) is 0 Å². The molecule has 8 aromatic carbocycles. The molecular formula is C65H54N4OPt-2. The van der Waals surface area contributed by atoms with Crippen molar-refractivity contribution in [2.45, 2.75) is 71.1 Å². The largest absolute Gasteiger partial charge is 0.510 e.